The number of H-pyrrole nitrogens is 1. The lowest BCUT2D eigenvalue weighted by atomic mass is 9.96. The van der Waals surface area contributed by atoms with Crippen molar-refractivity contribution >= 4 is 0 Å². The van der Waals surface area contributed by atoms with E-state index in [0.29, 0.717) is 19.5 Å². The van der Waals surface area contributed by atoms with Crippen LogP contribution in [0, 0.1) is 5.92 Å². The highest BCUT2D eigenvalue weighted by Crippen LogP contribution is 2.38. The molecule has 0 radical (unpaired) electrons. The molecule has 13 heavy (non-hydrogen) atoms. The molecular formula is C9H12F2N2. The molecule has 2 rings (SSSR count). The average Bonchev–Trinajstić information content (AvgIpc) is 2.78. The van der Waals surface area contributed by atoms with Gasteiger partial charge in [-0.2, -0.15) is 0 Å². The fourth-order valence-electron chi connectivity index (χ4n) is 1.73. The first-order chi connectivity index (χ1) is 6.21. The summed E-state index contributed by atoms with van der Waals surface area (Å²) in [6, 6.07) is 1.44. The van der Waals surface area contributed by atoms with Crippen molar-refractivity contribution in [2.75, 3.05) is 13.1 Å². The van der Waals surface area contributed by atoms with Gasteiger partial charge < -0.3 is 10.3 Å². The zero-order chi connectivity index (χ0) is 9.31. The Labute approximate surface area is 75.3 Å². The van der Waals surface area contributed by atoms with Gasteiger partial charge in [-0.3, -0.25) is 0 Å². The molecule has 0 spiro atoms. The molecule has 1 fully saturated rings. The predicted molar refractivity (Wildman–Crippen MR) is 45.7 cm³/mol. The van der Waals surface area contributed by atoms with Crippen molar-refractivity contribution in [2.24, 2.45) is 5.92 Å². The summed E-state index contributed by atoms with van der Waals surface area (Å²) in [7, 11) is 0. The summed E-state index contributed by atoms with van der Waals surface area (Å²) in [5.74, 6) is -3.24. The molecule has 1 aromatic rings. The highest BCUT2D eigenvalue weighted by molar-refractivity contribution is 5.17. The number of aromatic amines is 1. The third-order valence-electron chi connectivity index (χ3n) is 2.56. The van der Waals surface area contributed by atoms with Crippen molar-refractivity contribution in [3.63, 3.8) is 0 Å². The highest BCUT2D eigenvalue weighted by atomic mass is 19.3. The average molecular weight is 186 g/mol. The van der Waals surface area contributed by atoms with Crippen LogP contribution in [0.5, 0.6) is 0 Å². The summed E-state index contributed by atoms with van der Waals surface area (Å²) in [6.45, 7) is 1.11. The Morgan fingerprint density at radius 3 is 2.85 bits per heavy atom. The number of rotatable bonds is 2. The number of alkyl halides is 2. The van der Waals surface area contributed by atoms with Crippen molar-refractivity contribution in [3.8, 4) is 0 Å². The molecule has 1 aromatic heterocycles. The lowest BCUT2D eigenvalue weighted by Gasteiger charge is -2.21. The molecule has 4 heteroatoms. The summed E-state index contributed by atoms with van der Waals surface area (Å²) in [5, 5.41) is 2.95. The van der Waals surface area contributed by atoms with E-state index < -0.39 is 11.8 Å². The maximum atomic E-state index is 13.6. The second-order valence-electron chi connectivity index (χ2n) is 3.41. The van der Waals surface area contributed by atoms with Crippen molar-refractivity contribution in [3.05, 3.63) is 24.0 Å². The van der Waals surface area contributed by atoms with Crippen LogP contribution < -0.4 is 5.32 Å². The molecule has 0 saturated carbocycles. The number of hydrogen-bond acceptors (Lipinski definition) is 1. The third-order valence-corrected chi connectivity index (χ3v) is 2.56. The van der Waals surface area contributed by atoms with E-state index in [0.717, 1.165) is 0 Å². The normalized spacial score (nSPS) is 23.7. The topological polar surface area (TPSA) is 27.8 Å². The molecule has 2 heterocycles. The van der Waals surface area contributed by atoms with E-state index in [-0.39, 0.29) is 5.56 Å². The van der Waals surface area contributed by atoms with Crippen LogP contribution in [0.4, 0.5) is 8.78 Å². The molecule has 1 saturated heterocycles. The van der Waals surface area contributed by atoms with Crippen molar-refractivity contribution < 1.29 is 8.78 Å². The predicted octanol–water partition coefficient (Wildman–Crippen LogP) is 1.72. The van der Waals surface area contributed by atoms with Crippen LogP contribution in [-0.2, 0) is 5.92 Å². The van der Waals surface area contributed by atoms with Gasteiger partial charge in [-0.25, -0.2) is 8.78 Å². The van der Waals surface area contributed by atoms with Crippen molar-refractivity contribution in [1.82, 2.24) is 10.3 Å². The zero-order valence-electron chi connectivity index (χ0n) is 7.19. The largest absolute Gasteiger partial charge is 0.367 e. The second kappa shape index (κ2) is 3.10. The summed E-state index contributed by atoms with van der Waals surface area (Å²) >= 11 is 0. The Kier molecular flexibility index (Phi) is 2.07. The molecule has 1 atom stereocenters. The minimum Gasteiger partial charge on any atom is -0.367 e. The van der Waals surface area contributed by atoms with E-state index in [4.69, 9.17) is 0 Å². The smallest absolute Gasteiger partial charge is 0.278 e. The lowest BCUT2D eigenvalue weighted by molar-refractivity contribution is -0.0574. The number of halogens is 2. The summed E-state index contributed by atoms with van der Waals surface area (Å²) in [6.07, 6.45) is 3.46. The summed E-state index contributed by atoms with van der Waals surface area (Å²) in [4.78, 5) is 2.66. The molecule has 1 unspecified atom stereocenters. The molecule has 2 N–H and O–H groups in total. The molecule has 1 aliphatic heterocycles. The first kappa shape index (κ1) is 8.69. The molecule has 2 nitrogen and oxygen atoms in total. The molecular weight excluding hydrogens is 174 g/mol. The lowest BCUT2D eigenvalue weighted by Crippen LogP contribution is -2.27. The Hall–Kier alpha value is -0.900. The monoisotopic (exact) mass is 186 g/mol. The van der Waals surface area contributed by atoms with Crippen LogP contribution in [0.2, 0.25) is 0 Å². The standard InChI is InChI=1S/C9H12F2N2/c10-9(11,7-1-3-12-5-7)8-2-4-13-6-8/h1,3,5,8,12-13H,2,4,6H2. The van der Waals surface area contributed by atoms with Gasteiger partial charge in [-0.05, 0) is 19.0 Å². The third kappa shape index (κ3) is 1.46. The second-order valence-corrected chi connectivity index (χ2v) is 3.41. The van der Waals surface area contributed by atoms with Crippen LogP contribution >= 0.6 is 0 Å². The first-order valence-corrected chi connectivity index (χ1v) is 4.43. The number of nitrogens with one attached hydrogen (secondary N) is 2. The van der Waals surface area contributed by atoms with Gasteiger partial charge in [0, 0.05) is 30.4 Å². The van der Waals surface area contributed by atoms with Gasteiger partial charge in [0.1, 0.15) is 0 Å². The van der Waals surface area contributed by atoms with Crippen molar-refractivity contribution in [2.45, 2.75) is 12.3 Å². The van der Waals surface area contributed by atoms with Crippen LogP contribution in [0.3, 0.4) is 0 Å². The quantitative estimate of drug-likeness (QED) is 0.723. The molecule has 0 bridgehead atoms. The summed E-state index contributed by atoms with van der Waals surface area (Å²) < 4.78 is 27.3. The van der Waals surface area contributed by atoms with E-state index >= 15 is 0 Å². The van der Waals surface area contributed by atoms with E-state index in [9.17, 15) is 8.78 Å². The summed E-state index contributed by atoms with van der Waals surface area (Å²) in [5.41, 5.74) is 0.0983. The highest BCUT2D eigenvalue weighted by Gasteiger charge is 2.42. The molecule has 0 aliphatic carbocycles. The van der Waals surface area contributed by atoms with E-state index in [2.05, 4.69) is 10.3 Å². The number of aromatic nitrogens is 1. The van der Waals surface area contributed by atoms with Gasteiger partial charge in [0.15, 0.2) is 0 Å². The van der Waals surface area contributed by atoms with Crippen LogP contribution in [0.1, 0.15) is 12.0 Å². The van der Waals surface area contributed by atoms with E-state index in [1.54, 1.807) is 0 Å². The van der Waals surface area contributed by atoms with Gasteiger partial charge in [0.25, 0.3) is 5.92 Å². The van der Waals surface area contributed by atoms with Gasteiger partial charge >= 0.3 is 0 Å². The molecule has 0 aromatic carbocycles. The Morgan fingerprint density at radius 1 is 1.46 bits per heavy atom. The van der Waals surface area contributed by atoms with Gasteiger partial charge in [-0.15, -0.1) is 0 Å². The van der Waals surface area contributed by atoms with Gasteiger partial charge in [0.05, 0.1) is 0 Å². The Bertz CT molecular complexity index is 263. The first-order valence-electron chi connectivity index (χ1n) is 4.43. The SMILES string of the molecule is FC(F)(c1cc[nH]c1)C1CCNC1. The minimum absolute atomic E-state index is 0.0983. The van der Waals surface area contributed by atoms with Crippen LogP contribution in [0.15, 0.2) is 18.5 Å². The van der Waals surface area contributed by atoms with Gasteiger partial charge in [-0.1, -0.05) is 0 Å². The zero-order valence-corrected chi connectivity index (χ0v) is 7.19. The minimum atomic E-state index is -2.69. The Balaban J connectivity index is 2.19. The van der Waals surface area contributed by atoms with Crippen LogP contribution in [-0.4, -0.2) is 18.1 Å². The molecule has 72 valence electrons. The Morgan fingerprint density at radius 2 is 2.31 bits per heavy atom. The van der Waals surface area contributed by atoms with Crippen LogP contribution in [0.25, 0.3) is 0 Å². The molecule has 1 aliphatic rings. The molecule has 0 amide bonds. The van der Waals surface area contributed by atoms with Gasteiger partial charge in [0.2, 0.25) is 0 Å². The van der Waals surface area contributed by atoms with E-state index in [1.807, 2.05) is 0 Å². The van der Waals surface area contributed by atoms with E-state index in [1.165, 1.54) is 18.5 Å². The maximum Gasteiger partial charge on any atom is 0.278 e. The fraction of sp³-hybridized carbons (Fsp3) is 0.556. The fourth-order valence-corrected chi connectivity index (χ4v) is 1.73. The maximum absolute atomic E-state index is 13.6. The number of hydrogen-bond donors (Lipinski definition) is 2. The van der Waals surface area contributed by atoms with Crippen molar-refractivity contribution in [1.29, 1.82) is 0 Å².